The molecule has 0 fully saturated rings. The zero-order valence-corrected chi connectivity index (χ0v) is 10.2. The molecule has 3 nitrogen and oxygen atoms in total. The largest absolute Gasteiger partial charge is 0.496 e. The molecule has 0 spiro atoms. The number of methoxy groups -OCH3 is 1. The number of para-hydroxylation sites is 1. The molecule has 0 N–H and O–H groups in total. The predicted molar refractivity (Wildman–Crippen MR) is 62.9 cm³/mol. The van der Waals surface area contributed by atoms with Crippen molar-refractivity contribution in [2.75, 3.05) is 7.11 Å². The Morgan fingerprint density at radius 3 is 2.67 bits per heavy atom. The van der Waals surface area contributed by atoms with Gasteiger partial charge in [-0.2, -0.15) is 5.10 Å². The fraction of sp³-hybridized carbons (Fsp3) is 0.182. The Labute approximate surface area is 96.8 Å². The summed E-state index contributed by atoms with van der Waals surface area (Å²) in [6.45, 7) is 0. The lowest BCUT2D eigenvalue weighted by Crippen LogP contribution is -1.95. The zero-order chi connectivity index (χ0) is 10.8. The fourth-order valence-corrected chi connectivity index (χ4v) is 2.00. The van der Waals surface area contributed by atoms with Crippen LogP contribution in [0.25, 0.3) is 11.3 Å². The molecule has 4 heteroatoms. The minimum Gasteiger partial charge on any atom is -0.496 e. The molecule has 0 aliphatic carbocycles. The number of aryl methyl sites for hydroxylation is 1. The molecule has 0 saturated carbocycles. The second-order valence-electron chi connectivity index (χ2n) is 3.18. The Hall–Kier alpha value is -1.29. The molecule has 0 saturated heterocycles. The van der Waals surface area contributed by atoms with Gasteiger partial charge in [-0.1, -0.05) is 12.1 Å². The number of rotatable bonds is 2. The van der Waals surface area contributed by atoms with Gasteiger partial charge in [0, 0.05) is 12.6 Å². The predicted octanol–water partition coefficient (Wildman–Crippen LogP) is 2.86. The molecule has 2 rings (SSSR count). The molecule has 2 aromatic rings. The molecule has 0 radical (unpaired) electrons. The first-order chi connectivity index (χ1) is 7.22. The maximum absolute atomic E-state index is 5.31. The minimum atomic E-state index is 0.825. The second kappa shape index (κ2) is 4.06. The van der Waals surface area contributed by atoms with Crippen molar-refractivity contribution in [3.63, 3.8) is 0 Å². The third-order valence-corrected chi connectivity index (χ3v) is 2.62. The molecular formula is C11H11BrN2O. The lowest BCUT2D eigenvalue weighted by atomic mass is 10.1. The molecule has 0 bridgehead atoms. The van der Waals surface area contributed by atoms with Gasteiger partial charge in [-0.05, 0) is 34.1 Å². The molecule has 0 aliphatic heterocycles. The van der Waals surface area contributed by atoms with E-state index < -0.39 is 0 Å². The van der Waals surface area contributed by atoms with E-state index in [-0.39, 0.29) is 0 Å². The molecule has 78 valence electrons. The van der Waals surface area contributed by atoms with Crippen molar-refractivity contribution in [3.8, 4) is 17.0 Å². The maximum Gasteiger partial charge on any atom is 0.128 e. The van der Waals surface area contributed by atoms with Crippen LogP contribution in [0.15, 0.2) is 34.9 Å². The zero-order valence-electron chi connectivity index (χ0n) is 8.57. The van der Waals surface area contributed by atoms with E-state index in [1.54, 1.807) is 7.11 Å². The van der Waals surface area contributed by atoms with Crippen molar-refractivity contribution in [2.45, 2.75) is 0 Å². The lowest BCUT2D eigenvalue weighted by molar-refractivity contribution is 0.416. The highest BCUT2D eigenvalue weighted by molar-refractivity contribution is 9.10. The number of ether oxygens (including phenoxy) is 1. The quantitative estimate of drug-likeness (QED) is 0.836. The lowest BCUT2D eigenvalue weighted by Gasteiger charge is -2.07. The summed E-state index contributed by atoms with van der Waals surface area (Å²) in [5, 5.41) is 4.24. The molecule has 0 aliphatic rings. The highest BCUT2D eigenvalue weighted by Gasteiger charge is 2.09. The SMILES string of the molecule is COc1ccccc1-c1cc(Br)nn1C. The van der Waals surface area contributed by atoms with Crippen LogP contribution >= 0.6 is 15.9 Å². The summed E-state index contributed by atoms with van der Waals surface area (Å²) in [6.07, 6.45) is 0. The van der Waals surface area contributed by atoms with Gasteiger partial charge in [-0.15, -0.1) is 0 Å². The highest BCUT2D eigenvalue weighted by atomic mass is 79.9. The second-order valence-corrected chi connectivity index (χ2v) is 3.99. The Bertz CT molecular complexity index is 479. The van der Waals surface area contributed by atoms with Crippen molar-refractivity contribution < 1.29 is 4.74 Å². The van der Waals surface area contributed by atoms with Crippen molar-refractivity contribution in [1.29, 1.82) is 0 Å². The van der Waals surface area contributed by atoms with E-state index in [1.807, 2.05) is 42.1 Å². The number of benzene rings is 1. The summed E-state index contributed by atoms with van der Waals surface area (Å²) in [7, 11) is 3.58. The van der Waals surface area contributed by atoms with Crippen LogP contribution in [0.3, 0.4) is 0 Å². The normalized spacial score (nSPS) is 10.3. The van der Waals surface area contributed by atoms with E-state index in [1.165, 1.54) is 0 Å². The summed E-state index contributed by atoms with van der Waals surface area (Å²) in [5.41, 5.74) is 2.07. The summed E-state index contributed by atoms with van der Waals surface area (Å²) in [5.74, 6) is 0.855. The smallest absolute Gasteiger partial charge is 0.128 e. The van der Waals surface area contributed by atoms with Crippen molar-refractivity contribution in [3.05, 3.63) is 34.9 Å². The average Bonchev–Trinajstić information content (AvgIpc) is 2.57. The van der Waals surface area contributed by atoms with Crippen LogP contribution in [-0.4, -0.2) is 16.9 Å². The maximum atomic E-state index is 5.31. The fourth-order valence-electron chi connectivity index (χ4n) is 1.54. The topological polar surface area (TPSA) is 27.1 Å². The van der Waals surface area contributed by atoms with Crippen LogP contribution in [0.5, 0.6) is 5.75 Å². The van der Waals surface area contributed by atoms with Crippen LogP contribution in [0, 0.1) is 0 Å². The van der Waals surface area contributed by atoms with Gasteiger partial charge >= 0.3 is 0 Å². The average molecular weight is 267 g/mol. The van der Waals surface area contributed by atoms with Gasteiger partial charge < -0.3 is 4.74 Å². The Kier molecular flexibility index (Phi) is 2.77. The number of halogens is 1. The third kappa shape index (κ3) is 1.90. The number of nitrogens with zero attached hydrogens (tertiary/aromatic N) is 2. The van der Waals surface area contributed by atoms with E-state index in [0.717, 1.165) is 21.6 Å². The molecule has 1 aromatic carbocycles. The van der Waals surface area contributed by atoms with Crippen molar-refractivity contribution in [2.24, 2.45) is 7.05 Å². The molecular weight excluding hydrogens is 256 g/mol. The van der Waals surface area contributed by atoms with E-state index in [4.69, 9.17) is 4.74 Å². The molecule has 15 heavy (non-hydrogen) atoms. The number of hydrogen-bond acceptors (Lipinski definition) is 2. The monoisotopic (exact) mass is 266 g/mol. The van der Waals surface area contributed by atoms with Crippen LogP contribution < -0.4 is 4.74 Å². The Balaban J connectivity index is 2.58. The van der Waals surface area contributed by atoms with E-state index >= 15 is 0 Å². The number of hydrogen-bond donors (Lipinski definition) is 0. The van der Waals surface area contributed by atoms with Crippen LogP contribution in [0.2, 0.25) is 0 Å². The standard InChI is InChI=1S/C11H11BrN2O/c1-14-9(7-11(12)13-14)8-5-3-4-6-10(8)15-2/h3-7H,1-2H3. The molecule has 0 atom stereocenters. The van der Waals surface area contributed by atoms with Crippen molar-refractivity contribution >= 4 is 15.9 Å². The van der Waals surface area contributed by atoms with Gasteiger partial charge in [-0.3, -0.25) is 4.68 Å². The first-order valence-corrected chi connectivity index (χ1v) is 5.34. The summed E-state index contributed by atoms with van der Waals surface area (Å²) >= 11 is 3.35. The number of aromatic nitrogens is 2. The Morgan fingerprint density at radius 1 is 1.33 bits per heavy atom. The molecule has 1 heterocycles. The minimum absolute atomic E-state index is 0.825. The van der Waals surface area contributed by atoms with Crippen LogP contribution in [0.4, 0.5) is 0 Å². The van der Waals surface area contributed by atoms with E-state index in [0.29, 0.717) is 0 Å². The van der Waals surface area contributed by atoms with Crippen molar-refractivity contribution in [1.82, 2.24) is 9.78 Å². The summed E-state index contributed by atoms with van der Waals surface area (Å²) in [6, 6.07) is 9.86. The highest BCUT2D eigenvalue weighted by Crippen LogP contribution is 2.30. The van der Waals surface area contributed by atoms with E-state index in [2.05, 4.69) is 21.0 Å². The van der Waals surface area contributed by atoms with Gasteiger partial charge in [0.2, 0.25) is 0 Å². The van der Waals surface area contributed by atoms with Gasteiger partial charge in [0.25, 0.3) is 0 Å². The van der Waals surface area contributed by atoms with Gasteiger partial charge in [-0.25, -0.2) is 0 Å². The molecule has 0 unspecified atom stereocenters. The molecule has 1 aromatic heterocycles. The van der Waals surface area contributed by atoms with Gasteiger partial charge in [0.15, 0.2) is 0 Å². The van der Waals surface area contributed by atoms with Gasteiger partial charge in [0.1, 0.15) is 10.4 Å². The van der Waals surface area contributed by atoms with Crippen LogP contribution in [0.1, 0.15) is 0 Å². The van der Waals surface area contributed by atoms with Crippen LogP contribution in [-0.2, 0) is 7.05 Å². The van der Waals surface area contributed by atoms with Gasteiger partial charge in [0.05, 0.1) is 12.8 Å². The summed E-state index contributed by atoms with van der Waals surface area (Å²) in [4.78, 5) is 0. The Morgan fingerprint density at radius 2 is 2.07 bits per heavy atom. The van der Waals surface area contributed by atoms with E-state index in [9.17, 15) is 0 Å². The summed E-state index contributed by atoms with van der Waals surface area (Å²) < 4.78 is 7.95. The molecule has 0 amide bonds. The first kappa shape index (κ1) is 10.2. The first-order valence-electron chi connectivity index (χ1n) is 4.55. The third-order valence-electron chi connectivity index (χ3n) is 2.23.